The lowest BCUT2D eigenvalue weighted by molar-refractivity contribution is 0.428. The smallest absolute Gasteiger partial charge is 0.0992 e. The van der Waals surface area contributed by atoms with Crippen LogP contribution in [0.4, 0.5) is 11.4 Å². The van der Waals surface area contributed by atoms with Gasteiger partial charge in [-0.25, -0.2) is 0 Å². The van der Waals surface area contributed by atoms with Gasteiger partial charge in [0.05, 0.1) is 23.0 Å². The van der Waals surface area contributed by atoms with E-state index < -0.39 is 0 Å². The Hall–Kier alpha value is -1.69. The molecular weight excluding hydrogens is 210 g/mol. The van der Waals surface area contributed by atoms with Crippen LogP contribution in [0.3, 0.4) is 0 Å². The highest BCUT2D eigenvalue weighted by Gasteiger charge is 2.19. The highest BCUT2D eigenvalue weighted by Crippen LogP contribution is 2.30. The van der Waals surface area contributed by atoms with E-state index >= 15 is 0 Å². The minimum atomic E-state index is 0.596. The molecule has 1 aromatic rings. The van der Waals surface area contributed by atoms with Crippen molar-refractivity contribution in [1.29, 1.82) is 5.26 Å². The summed E-state index contributed by atoms with van der Waals surface area (Å²) in [4.78, 5) is 2.27. The number of hydrogen-bond donors (Lipinski definition) is 1. The predicted octanol–water partition coefficient (Wildman–Crippen LogP) is 2.91. The van der Waals surface area contributed by atoms with Gasteiger partial charge < -0.3 is 10.6 Å². The summed E-state index contributed by atoms with van der Waals surface area (Å²) in [6.07, 6.45) is 6.47. The fourth-order valence-electron chi connectivity index (χ4n) is 2.61. The van der Waals surface area contributed by atoms with E-state index in [9.17, 15) is 0 Å². The Bertz CT molecular complexity index is 428. The lowest BCUT2D eigenvalue weighted by Gasteiger charge is -2.33. The Morgan fingerprint density at radius 3 is 2.59 bits per heavy atom. The molecule has 0 amide bonds. The van der Waals surface area contributed by atoms with Crippen molar-refractivity contribution in [1.82, 2.24) is 0 Å². The average molecular weight is 229 g/mol. The Morgan fingerprint density at radius 1 is 1.29 bits per heavy atom. The molecule has 1 aromatic carbocycles. The normalized spacial score (nSPS) is 16.5. The molecule has 0 radical (unpaired) electrons. The van der Waals surface area contributed by atoms with Gasteiger partial charge in [-0.3, -0.25) is 0 Å². The molecule has 0 aliphatic heterocycles. The number of nitrogens with two attached hydrogens (primary N) is 1. The van der Waals surface area contributed by atoms with Crippen LogP contribution in [-0.2, 0) is 0 Å². The van der Waals surface area contributed by atoms with Crippen LogP contribution in [0, 0.1) is 11.3 Å². The summed E-state index contributed by atoms with van der Waals surface area (Å²) in [6, 6.07) is 8.27. The second-order valence-electron chi connectivity index (χ2n) is 4.79. The Labute approximate surface area is 103 Å². The molecule has 3 heteroatoms. The molecule has 1 aliphatic rings. The van der Waals surface area contributed by atoms with Gasteiger partial charge in [-0.05, 0) is 31.0 Å². The van der Waals surface area contributed by atoms with E-state index in [1.54, 1.807) is 6.07 Å². The zero-order valence-electron chi connectivity index (χ0n) is 10.3. The van der Waals surface area contributed by atoms with Crippen molar-refractivity contribution in [3.05, 3.63) is 23.8 Å². The summed E-state index contributed by atoms with van der Waals surface area (Å²) >= 11 is 0. The molecule has 0 atom stereocenters. The van der Waals surface area contributed by atoms with Gasteiger partial charge in [0.2, 0.25) is 0 Å². The minimum Gasteiger partial charge on any atom is -0.397 e. The lowest BCUT2D eigenvalue weighted by Crippen LogP contribution is -2.33. The summed E-state index contributed by atoms with van der Waals surface area (Å²) in [7, 11) is 2.10. The number of nitrogen functional groups attached to an aromatic ring is 1. The first-order valence-corrected chi connectivity index (χ1v) is 6.25. The van der Waals surface area contributed by atoms with Gasteiger partial charge >= 0.3 is 0 Å². The standard InChI is InChI=1S/C14H19N3/c1-17(12-5-3-2-4-6-12)14-8-7-11(10-15)9-13(14)16/h7-9,12H,2-6,16H2,1H3. The van der Waals surface area contributed by atoms with E-state index in [1.165, 1.54) is 32.1 Å². The van der Waals surface area contributed by atoms with Gasteiger partial charge in [-0.15, -0.1) is 0 Å². The molecule has 0 unspecified atom stereocenters. The molecule has 2 rings (SSSR count). The third kappa shape index (κ3) is 2.52. The maximum absolute atomic E-state index is 8.82. The van der Waals surface area contributed by atoms with E-state index in [1.807, 2.05) is 12.1 Å². The first kappa shape index (κ1) is 11.8. The van der Waals surface area contributed by atoms with E-state index in [-0.39, 0.29) is 0 Å². The number of benzene rings is 1. The van der Waals surface area contributed by atoms with E-state index in [0.29, 0.717) is 17.3 Å². The monoisotopic (exact) mass is 229 g/mol. The molecule has 17 heavy (non-hydrogen) atoms. The Balaban J connectivity index is 2.18. The summed E-state index contributed by atoms with van der Waals surface area (Å²) in [5.74, 6) is 0. The van der Waals surface area contributed by atoms with Crippen LogP contribution in [0.5, 0.6) is 0 Å². The van der Waals surface area contributed by atoms with Crippen LogP contribution < -0.4 is 10.6 Å². The number of nitriles is 1. The molecule has 0 spiro atoms. The van der Waals surface area contributed by atoms with Crippen LogP contribution in [0.2, 0.25) is 0 Å². The maximum atomic E-state index is 8.82. The number of rotatable bonds is 2. The number of hydrogen-bond acceptors (Lipinski definition) is 3. The first-order chi connectivity index (χ1) is 8.22. The lowest BCUT2D eigenvalue weighted by atomic mass is 9.94. The van der Waals surface area contributed by atoms with E-state index in [4.69, 9.17) is 11.0 Å². The SMILES string of the molecule is CN(c1ccc(C#N)cc1N)C1CCCCC1. The summed E-state index contributed by atoms with van der Waals surface area (Å²) in [5, 5.41) is 8.82. The predicted molar refractivity (Wildman–Crippen MR) is 70.8 cm³/mol. The Kier molecular flexibility index (Phi) is 3.53. The van der Waals surface area contributed by atoms with Crippen molar-refractivity contribution in [3.8, 4) is 6.07 Å². The molecule has 1 aliphatic carbocycles. The molecule has 1 fully saturated rings. The molecule has 1 saturated carbocycles. The van der Waals surface area contributed by atoms with Gasteiger partial charge in [0.25, 0.3) is 0 Å². The second-order valence-corrected chi connectivity index (χ2v) is 4.79. The summed E-state index contributed by atoms with van der Waals surface area (Å²) < 4.78 is 0. The zero-order chi connectivity index (χ0) is 12.3. The molecule has 0 bridgehead atoms. The van der Waals surface area contributed by atoms with Gasteiger partial charge in [-0.2, -0.15) is 5.26 Å². The van der Waals surface area contributed by atoms with Crippen molar-refractivity contribution < 1.29 is 0 Å². The van der Waals surface area contributed by atoms with Crippen molar-refractivity contribution in [2.45, 2.75) is 38.1 Å². The van der Waals surface area contributed by atoms with Gasteiger partial charge in [0.1, 0.15) is 0 Å². The van der Waals surface area contributed by atoms with Crippen molar-refractivity contribution in [2.75, 3.05) is 17.7 Å². The van der Waals surface area contributed by atoms with Gasteiger partial charge in [-0.1, -0.05) is 19.3 Å². The first-order valence-electron chi connectivity index (χ1n) is 6.25. The molecule has 90 valence electrons. The average Bonchev–Trinajstić information content (AvgIpc) is 2.39. The maximum Gasteiger partial charge on any atom is 0.0992 e. The topological polar surface area (TPSA) is 53.0 Å². The fourth-order valence-corrected chi connectivity index (χ4v) is 2.61. The van der Waals surface area contributed by atoms with E-state index in [0.717, 1.165) is 5.69 Å². The number of anilines is 2. The van der Waals surface area contributed by atoms with Crippen molar-refractivity contribution in [2.24, 2.45) is 0 Å². The molecule has 0 aromatic heterocycles. The number of nitrogens with zero attached hydrogens (tertiary/aromatic N) is 2. The van der Waals surface area contributed by atoms with Crippen LogP contribution in [0.25, 0.3) is 0 Å². The molecule has 2 N–H and O–H groups in total. The van der Waals surface area contributed by atoms with Crippen molar-refractivity contribution >= 4 is 11.4 Å². The second kappa shape index (κ2) is 5.09. The Morgan fingerprint density at radius 2 is 2.00 bits per heavy atom. The highest BCUT2D eigenvalue weighted by atomic mass is 15.1. The quantitative estimate of drug-likeness (QED) is 0.793. The minimum absolute atomic E-state index is 0.596. The highest BCUT2D eigenvalue weighted by molar-refractivity contribution is 5.69. The molecule has 0 heterocycles. The van der Waals surface area contributed by atoms with Crippen LogP contribution in [0.15, 0.2) is 18.2 Å². The van der Waals surface area contributed by atoms with Crippen LogP contribution >= 0.6 is 0 Å². The fraction of sp³-hybridized carbons (Fsp3) is 0.500. The van der Waals surface area contributed by atoms with Crippen LogP contribution in [0.1, 0.15) is 37.7 Å². The summed E-state index contributed by atoms with van der Waals surface area (Å²) in [6.45, 7) is 0. The molecular formula is C14H19N3. The molecule has 3 nitrogen and oxygen atoms in total. The zero-order valence-corrected chi connectivity index (χ0v) is 10.3. The molecule has 0 saturated heterocycles. The third-order valence-electron chi connectivity index (χ3n) is 3.66. The largest absolute Gasteiger partial charge is 0.397 e. The van der Waals surface area contributed by atoms with Crippen LogP contribution in [-0.4, -0.2) is 13.1 Å². The van der Waals surface area contributed by atoms with Crippen molar-refractivity contribution in [3.63, 3.8) is 0 Å². The third-order valence-corrected chi connectivity index (χ3v) is 3.66. The van der Waals surface area contributed by atoms with Gasteiger partial charge in [0, 0.05) is 13.1 Å². The van der Waals surface area contributed by atoms with Gasteiger partial charge in [0.15, 0.2) is 0 Å². The van der Waals surface area contributed by atoms with E-state index in [2.05, 4.69) is 18.0 Å². The summed E-state index contributed by atoms with van der Waals surface area (Å²) in [5.41, 5.74) is 8.40.